The molecule has 5 nitrogen and oxygen atoms in total. The molecule has 0 spiro atoms. The van der Waals surface area contributed by atoms with Crippen LogP contribution in [0, 0.1) is 13.8 Å². The summed E-state index contributed by atoms with van der Waals surface area (Å²) in [5.74, 6) is 0.450. The SMILES string of the molecule is Cc1cc(C)cc(-n2c(SCc3cc(=O)oc4ccc5ccccc5c34)nc3ccccc3c2=O)c1. The molecule has 0 aliphatic heterocycles. The van der Waals surface area contributed by atoms with Gasteiger partial charge in [0.15, 0.2) is 5.16 Å². The Morgan fingerprint density at radius 1 is 0.833 bits per heavy atom. The van der Waals surface area contributed by atoms with Gasteiger partial charge in [0.05, 0.1) is 16.6 Å². The van der Waals surface area contributed by atoms with Crippen molar-refractivity contribution in [3.8, 4) is 5.69 Å². The van der Waals surface area contributed by atoms with Gasteiger partial charge in [-0.25, -0.2) is 9.78 Å². The molecule has 4 aromatic carbocycles. The number of hydrogen-bond donors (Lipinski definition) is 0. The molecular weight excluding hydrogens is 468 g/mol. The second-order valence-electron chi connectivity index (χ2n) is 8.94. The third kappa shape index (κ3) is 3.89. The number of thioether (sulfide) groups is 1. The van der Waals surface area contributed by atoms with E-state index in [-0.39, 0.29) is 5.56 Å². The lowest BCUT2D eigenvalue weighted by atomic mass is 10.0. The van der Waals surface area contributed by atoms with Crippen molar-refractivity contribution in [1.29, 1.82) is 0 Å². The number of aryl methyl sites for hydroxylation is 2. The maximum Gasteiger partial charge on any atom is 0.336 e. The van der Waals surface area contributed by atoms with Crippen LogP contribution in [0.2, 0.25) is 0 Å². The molecule has 0 radical (unpaired) electrons. The highest BCUT2D eigenvalue weighted by molar-refractivity contribution is 7.98. The predicted octanol–water partition coefficient (Wildman–Crippen LogP) is 6.55. The second-order valence-corrected chi connectivity index (χ2v) is 9.88. The lowest BCUT2D eigenvalue weighted by molar-refractivity contribution is 0.560. The first-order valence-electron chi connectivity index (χ1n) is 11.7. The molecule has 6 rings (SSSR count). The summed E-state index contributed by atoms with van der Waals surface area (Å²) in [5, 5.41) is 4.14. The monoisotopic (exact) mass is 490 g/mol. The molecule has 0 unspecified atom stereocenters. The maximum absolute atomic E-state index is 13.7. The van der Waals surface area contributed by atoms with E-state index in [1.165, 1.54) is 11.8 Å². The van der Waals surface area contributed by atoms with E-state index in [0.29, 0.717) is 27.4 Å². The van der Waals surface area contributed by atoms with Gasteiger partial charge in [0, 0.05) is 17.2 Å². The van der Waals surface area contributed by atoms with Gasteiger partial charge >= 0.3 is 5.63 Å². The summed E-state index contributed by atoms with van der Waals surface area (Å²) in [5.41, 5.74) is 4.45. The van der Waals surface area contributed by atoms with Gasteiger partial charge in [-0.3, -0.25) is 9.36 Å². The minimum absolute atomic E-state index is 0.115. The van der Waals surface area contributed by atoms with Crippen molar-refractivity contribution in [3.63, 3.8) is 0 Å². The number of benzene rings is 4. The highest BCUT2D eigenvalue weighted by Gasteiger charge is 2.16. The van der Waals surface area contributed by atoms with Crippen molar-refractivity contribution in [2.75, 3.05) is 0 Å². The average Bonchev–Trinajstić information content (AvgIpc) is 2.86. The molecule has 0 atom stereocenters. The van der Waals surface area contributed by atoms with E-state index in [9.17, 15) is 9.59 Å². The number of rotatable bonds is 4. The van der Waals surface area contributed by atoms with Gasteiger partial charge in [0.1, 0.15) is 5.58 Å². The predicted molar refractivity (Wildman–Crippen MR) is 146 cm³/mol. The van der Waals surface area contributed by atoms with Crippen molar-refractivity contribution in [1.82, 2.24) is 9.55 Å². The molecule has 176 valence electrons. The first-order chi connectivity index (χ1) is 17.5. The number of para-hydroxylation sites is 1. The topological polar surface area (TPSA) is 65.1 Å². The zero-order chi connectivity index (χ0) is 24.8. The lowest BCUT2D eigenvalue weighted by Gasteiger charge is -2.15. The van der Waals surface area contributed by atoms with E-state index in [1.807, 2.05) is 80.6 Å². The van der Waals surface area contributed by atoms with Crippen LogP contribution in [0.4, 0.5) is 0 Å². The standard InChI is InChI=1S/C30H22N2O3S/c1-18-13-19(2)15-22(14-18)32-29(34)24-9-5-6-10-25(24)31-30(32)36-17-21-16-27(33)35-26-12-11-20-7-3-4-8-23(20)28(21)26/h3-16H,17H2,1-2H3. The maximum atomic E-state index is 13.7. The zero-order valence-corrected chi connectivity index (χ0v) is 20.6. The molecule has 0 aliphatic carbocycles. The number of nitrogens with zero attached hydrogens (tertiary/aromatic N) is 2. The first kappa shape index (κ1) is 22.3. The van der Waals surface area contributed by atoms with Crippen LogP contribution in [-0.2, 0) is 5.75 Å². The Hall–Kier alpha value is -4.16. The molecule has 2 heterocycles. The quantitative estimate of drug-likeness (QED) is 0.121. The van der Waals surface area contributed by atoms with E-state index in [2.05, 4.69) is 6.07 Å². The van der Waals surface area contributed by atoms with Gasteiger partial charge in [-0.1, -0.05) is 60.3 Å². The molecule has 36 heavy (non-hydrogen) atoms. The first-order valence-corrected chi connectivity index (χ1v) is 12.6. The minimum atomic E-state index is -0.397. The fourth-order valence-corrected chi connectivity index (χ4v) is 5.79. The normalized spacial score (nSPS) is 11.5. The van der Waals surface area contributed by atoms with Crippen molar-refractivity contribution >= 4 is 44.4 Å². The zero-order valence-electron chi connectivity index (χ0n) is 19.8. The number of fused-ring (bicyclic) bond motifs is 4. The van der Waals surface area contributed by atoms with Crippen LogP contribution in [0.25, 0.3) is 38.3 Å². The summed E-state index contributed by atoms with van der Waals surface area (Å²) in [7, 11) is 0. The largest absolute Gasteiger partial charge is 0.423 e. The molecule has 0 saturated carbocycles. The van der Waals surface area contributed by atoms with Crippen molar-refractivity contribution in [2.24, 2.45) is 0 Å². The van der Waals surface area contributed by atoms with Crippen LogP contribution in [0.1, 0.15) is 16.7 Å². The third-order valence-electron chi connectivity index (χ3n) is 6.28. The third-order valence-corrected chi connectivity index (χ3v) is 7.27. The van der Waals surface area contributed by atoms with Crippen LogP contribution in [0.5, 0.6) is 0 Å². The van der Waals surface area contributed by atoms with Crippen molar-refractivity contribution < 1.29 is 4.42 Å². The van der Waals surface area contributed by atoms with Gasteiger partial charge < -0.3 is 4.42 Å². The summed E-state index contributed by atoms with van der Waals surface area (Å²) in [6.07, 6.45) is 0. The van der Waals surface area contributed by atoms with Gasteiger partial charge in [-0.15, -0.1) is 0 Å². The smallest absolute Gasteiger partial charge is 0.336 e. The van der Waals surface area contributed by atoms with Crippen LogP contribution < -0.4 is 11.2 Å². The molecule has 0 amide bonds. The molecule has 0 bridgehead atoms. The molecular formula is C30H22N2O3S. The Kier molecular flexibility index (Phi) is 5.46. The molecule has 0 N–H and O–H groups in total. The van der Waals surface area contributed by atoms with Crippen molar-refractivity contribution in [3.05, 3.63) is 122 Å². The van der Waals surface area contributed by atoms with E-state index in [4.69, 9.17) is 9.40 Å². The summed E-state index contributed by atoms with van der Waals surface area (Å²) in [6, 6.07) is 26.8. The summed E-state index contributed by atoms with van der Waals surface area (Å²) >= 11 is 1.44. The average molecular weight is 491 g/mol. The van der Waals surface area contributed by atoms with Gasteiger partial charge in [-0.2, -0.15) is 0 Å². The van der Waals surface area contributed by atoms with Gasteiger partial charge in [0.2, 0.25) is 0 Å². The highest BCUT2D eigenvalue weighted by atomic mass is 32.2. The van der Waals surface area contributed by atoms with E-state index in [0.717, 1.165) is 38.5 Å². The van der Waals surface area contributed by atoms with E-state index in [1.54, 1.807) is 16.7 Å². The van der Waals surface area contributed by atoms with E-state index >= 15 is 0 Å². The van der Waals surface area contributed by atoms with Gasteiger partial charge in [0.25, 0.3) is 5.56 Å². The Morgan fingerprint density at radius 2 is 1.56 bits per heavy atom. The minimum Gasteiger partial charge on any atom is -0.423 e. The van der Waals surface area contributed by atoms with Gasteiger partial charge in [-0.05, 0) is 71.6 Å². The molecule has 6 heteroatoms. The molecule has 6 aromatic rings. The molecule has 0 saturated heterocycles. The van der Waals surface area contributed by atoms with Crippen LogP contribution >= 0.6 is 11.8 Å². The van der Waals surface area contributed by atoms with Crippen LogP contribution in [0.15, 0.2) is 104 Å². The Labute approximate surface area is 211 Å². The molecule has 0 aliphatic rings. The number of hydrogen-bond acceptors (Lipinski definition) is 5. The molecule has 0 fully saturated rings. The van der Waals surface area contributed by atoms with Crippen LogP contribution in [-0.4, -0.2) is 9.55 Å². The Balaban J connectivity index is 1.54. The fourth-order valence-electron chi connectivity index (χ4n) is 4.79. The van der Waals surface area contributed by atoms with Crippen molar-refractivity contribution in [2.45, 2.75) is 24.8 Å². The van der Waals surface area contributed by atoms with Crippen LogP contribution in [0.3, 0.4) is 0 Å². The lowest BCUT2D eigenvalue weighted by Crippen LogP contribution is -2.22. The Bertz CT molecular complexity index is 1900. The summed E-state index contributed by atoms with van der Waals surface area (Å²) < 4.78 is 7.20. The molecule has 2 aromatic heterocycles. The fraction of sp³-hybridized carbons (Fsp3) is 0.100. The Morgan fingerprint density at radius 3 is 2.36 bits per heavy atom. The number of aromatic nitrogens is 2. The summed E-state index contributed by atoms with van der Waals surface area (Å²) in [6.45, 7) is 4.03. The second kappa shape index (κ2) is 8.81. The summed E-state index contributed by atoms with van der Waals surface area (Å²) in [4.78, 5) is 30.9. The highest BCUT2D eigenvalue weighted by Crippen LogP contribution is 2.32. The van der Waals surface area contributed by atoms with E-state index < -0.39 is 5.63 Å².